The molecule has 0 spiro atoms. The molecule has 4 rings (SSSR count). The van der Waals surface area contributed by atoms with Crippen molar-refractivity contribution in [3.63, 3.8) is 0 Å². The van der Waals surface area contributed by atoms with Gasteiger partial charge in [0.15, 0.2) is 17.2 Å². The van der Waals surface area contributed by atoms with Crippen LogP contribution in [-0.2, 0) is 4.79 Å². The fourth-order valence-corrected chi connectivity index (χ4v) is 3.61. The molecular formula is C26H23FN4O5. The summed E-state index contributed by atoms with van der Waals surface area (Å²) in [6, 6.07) is 15.6. The van der Waals surface area contributed by atoms with Gasteiger partial charge in [-0.2, -0.15) is 9.78 Å². The first-order valence-electron chi connectivity index (χ1n) is 10.9. The summed E-state index contributed by atoms with van der Waals surface area (Å²) in [5.74, 6) is -0.820. The molecule has 10 heteroatoms. The summed E-state index contributed by atoms with van der Waals surface area (Å²) in [5.41, 5.74) is 0.589. The van der Waals surface area contributed by atoms with E-state index in [-0.39, 0.29) is 23.3 Å². The Morgan fingerprint density at radius 3 is 2.39 bits per heavy atom. The summed E-state index contributed by atoms with van der Waals surface area (Å²) in [5, 5.41) is 9.94. The topological polar surface area (TPSA) is 112 Å². The van der Waals surface area contributed by atoms with Crippen LogP contribution in [0.5, 0.6) is 11.5 Å². The molecule has 0 atom stereocenters. The minimum absolute atomic E-state index is 0.0471. The highest BCUT2D eigenvalue weighted by Gasteiger charge is 2.19. The number of rotatable bonds is 7. The number of benzene rings is 3. The van der Waals surface area contributed by atoms with Gasteiger partial charge in [-0.1, -0.05) is 24.3 Å². The fourth-order valence-electron chi connectivity index (χ4n) is 3.61. The van der Waals surface area contributed by atoms with E-state index in [0.29, 0.717) is 28.1 Å². The molecule has 36 heavy (non-hydrogen) atoms. The number of aromatic nitrogens is 2. The number of methoxy groups -OCH3 is 2. The Kier molecular flexibility index (Phi) is 6.95. The average Bonchev–Trinajstić information content (AvgIpc) is 2.89. The summed E-state index contributed by atoms with van der Waals surface area (Å²) in [7, 11) is 2.96. The second-order valence-electron chi connectivity index (χ2n) is 7.85. The summed E-state index contributed by atoms with van der Waals surface area (Å²) in [6.45, 7) is 1.22. The molecule has 0 radical (unpaired) electrons. The van der Waals surface area contributed by atoms with Gasteiger partial charge in [-0.05, 0) is 42.8 Å². The van der Waals surface area contributed by atoms with Crippen molar-refractivity contribution in [2.24, 2.45) is 0 Å². The molecule has 0 saturated heterocycles. The number of hydrogen-bond donors (Lipinski definition) is 2. The van der Waals surface area contributed by atoms with Crippen LogP contribution in [0.25, 0.3) is 16.5 Å². The number of anilines is 1. The number of amides is 2. The van der Waals surface area contributed by atoms with Crippen LogP contribution in [0.4, 0.5) is 10.1 Å². The molecule has 1 aromatic heterocycles. The van der Waals surface area contributed by atoms with E-state index in [1.807, 2.05) is 0 Å². The monoisotopic (exact) mass is 490 g/mol. The maximum absolute atomic E-state index is 13.7. The highest BCUT2D eigenvalue weighted by molar-refractivity contribution is 6.06. The summed E-state index contributed by atoms with van der Waals surface area (Å²) in [6.07, 6.45) is 0. The fraction of sp³-hybridized carbons (Fsp3) is 0.154. The number of ether oxygens (including phenoxy) is 2. The van der Waals surface area contributed by atoms with Gasteiger partial charge in [0.25, 0.3) is 11.5 Å². The maximum atomic E-state index is 13.7. The minimum atomic E-state index is -0.661. The minimum Gasteiger partial charge on any atom is -0.493 e. The molecule has 184 valence electrons. The number of carbonyl (C=O) groups excluding carboxylic acids is 2. The van der Waals surface area contributed by atoms with Gasteiger partial charge in [0.05, 0.1) is 31.8 Å². The quantitative estimate of drug-likeness (QED) is 0.412. The number of carbonyl (C=O) groups is 2. The van der Waals surface area contributed by atoms with Gasteiger partial charge in [-0.3, -0.25) is 14.4 Å². The largest absolute Gasteiger partial charge is 0.493 e. The molecule has 2 N–H and O–H groups in total. The van der Waals surface area contributed by atoms with Gasteiger partial charge in [0, 0.05) is 17.1 Å². The van der Waals surface area contributed by atoms with Crippen LogP contribution in [0.3, 0.4) is 0 Å². The molecule has 0 aliphatic carbocycles. The van der Waals surface area contributed by atoms with E-state index in [9.17, 15) is 18.8 Å². The normalized spacial score (nSPS) is 10.7. The predicted molar refractivity (Wildman–Crippen MR) is 133 cm³/mol. The van der Waals surface area contributed by atoms with Crippen molar-refractivity contribution in [2.75, 3.05) is 26.1 Å². The summed E-state index contributed by atoms with van der Waals surface area (Å²) in [4.78, 5) is 38.6. The SMILES string of the molecule is COc1ccc(-n2nc(C(=O)NCC(=O)Nc3ccc(C)c(F)c3)c3ccccc3c2=O)cc1OC. The van der Waals surface area contributed by atoms with Crippen molar-refractivity contribution < 1.29 is 23.5 Å². The first-order valence-corrected chi connectivity index (χ1v) is 10.9. The van der Waals surface area contributed by atoms with Gasteiger partial charge >= 0.3 is 0 Å². The standard InChI is InChI=1S/C26H23FN4O5/c1-15-8-9-16(12-20(15)27)29-23(32)14-28-25(33)24-18-6-4-5-7-19(18)26(34)31(30-24)17-10-11-21(35-2)22(13-17)36-3/h4-13H,14H2,1-3H3,(H,28,33)(H,29,32). The third-order valence-electron chi connectivity index (χ3n) is 5.50. The zero-order valence-corrected chi connectivity index (χ0v) is 19.8. The Morgan fingerprint density at radius 1 is 0.972 bits per heavy atom. The lowest BCUT2D eigenvalue weighted by atomic mass is 10.1. The Morgan fingerprint density at radius 2 is 1.69 bits per heavy atom. The van der Waals surface area contributed by atoms with Crippen LogP contribution in [0.2, 0.25) is 0 Å². The van der Waals surface area contributed by atoms with Crippen LogP contribution in [0, 0.1) is 12.7 Å². The number of nitrogens with one attached hydrogen (secondary N) is 2. The van der Waals surface area contributed by atoms with Gasteiger partial charge in [0.1, 0.15) is 5.82 Å². The van der Waals surface area contributed by atoms with Gasteiger partial charge in [-0.15, -0.1) is 0 Å². The van der Waals surface area contributed by atoms with E-state index >= 15 is 0 Å². The summed E-state index contributed by atoms with van der Waals surface area (Å²) < 4.78 is 25.4. The van der Waals surface area contributed by atoms with Crippen molar-refractivity contribution in [1.82, 2.24) is 15.1 Å². The molecule has 2 amide bonds. The van der Waals surface area contributed by atoms with Gasteiger partial charge in [-0.25, -0.2) is 4.39 Å². The Hall–Kier alpha value is -4.73. The lowest BCUT2D eigenvalue weighted by Crippen LogP contribution is -2.35. The highest BCUT2D eigenvalue weighted by atomic mass is 19.1. The zero-order chi connectivity index (χ0) is 25.8. The van der Waals surface area contributed by atoms with E-state index in [1.54, 1.807) is 55.5 Å². The number of halogens is 1. The smallest absolute Gasteiger partial charge is 0.279 e. The maximum Gasteiger partial charge on any atom is 0.279 e. The molecule has 9 nitrogen and oxygen atoms in total. The van der Waals surface area contributed by atoms with Crippen LogP contribution in [-0.4, -0.2) is 42.4 Å². The molecule has 0 saturated carbocycles. The molecule has 0 unspecified atom stereocenters. The number of fused-ring (bicyclic) bond motifs is 1. The lowest BCUT2D eigenvalue weighted by molar-refractivity contribution is -0.115. The molecule has 0 aliphatic heterocycles. The number of aryl methyl sites for hydroxylation is 1. The summed E-state index contributed by atoms with van der Waals surface area (Å²) >= 11 is 0. The predicted octanol–water partition coefficient (Wildman–Crippen LogP) is 3.22. The van der Waals surface area contributed by atoms with Crippen LogP contribution < -0.4 is 25.7 Å². The lowest BCUT2D eigenvalue weighted by Gasteiger charge is -2.13. The van der Waals surface area contributed by atoms with Crippen molar-refractivity contribution in [2.45, 2.75) is 6.92 Å². The second-order valence-corrected chi connectivity index (χ2v) is 7.85. The van der Waals surface area contributed by atoms with Crippen molar-refractivity contribution in [3.8, 4) is 17.2 Å². The molecule has 0 fully saturated rings. The number of hydrogen-bond acceptors (Lipinski definition) is 6. The van der Waals surface area contributed by atoms with Crippen LogP contribution in [0.15, 0.2) is 65.5 Å². The first-order chi connectivity index (χ1) is 17.3. The van der Waals surface area contributed by atoms with E-state index in [1.165, 1.54) is 26.4 Å². The highest BCUT2D eigenvalue weighted by Crippen LogP contribution is 2.28. The molecule has 3 aromatic carbocycles. The Bertz CT molecular complexity index is 1530. The third kappa shape index (κ3) is 4.88. The molecule has 4 aromatic rings. The van der Waals surface area contributed by atoms with E-state index in [4.69, 9.17) is 9.47 Å². The Balaban J connectivity index is 1.64. The Labute approximate surface area is 205 Å². The van der Waals surface area contributed by atoms with E-state index in [0.717, 1.165) is 4.68 Å². The number of nitrogens with zero attached hydrogens (tertiary/aromatic N) is 2. The van der Waals surface area contributed by atoms with Gasteiger partial charge in [0.2, 0.25) is 5.91 Å². The molecule has 0 aliphatic rings. The van der Waals surface area contributed by atoms with E-state index < -0.39 is 23.2 Å². The first kappa shape index (κ1) is 24.4. The van der Waals surface area contributed by atoms with Crippen LogP contribution >= 0.6 is 0 Å². The van der Waals surface area contributed by atoms with Crippen molar-refractivity contribution in [1.29, 1.82) is 0 Å². The van der Waals surface area contributed by atoms with Gasteiger partial charge < -0.3 is 20.1 Å². The third-order valence-corrected chi connectivity index (χ3v) is 5.50. The van der Waals surface area contributed by atoms with E-state index in [2.05, 4.69) is 15.7 Å². The molecule has 1 heterocycles. The van der Waals surface area contributed by atoms with Crippen molar-refractivity contribution in [3.05, 3.63) is 88.1 Å². The average molecular weight is 490 g/mol. The second kappa shape index (κ2) is 10.3. The molecular weight excluding hydrogens is 467 g/mol. The zero-order valence-electron chi connectivity index (χ0n) is 19.8. The van der Waals surface area contributed by atoms with Crippen molar-refractivity contribution >= 4 is 28.3 Å². The molecule has 0 bridgehead atoms. The van der Waals surface area contributed by atoms with Crippen LogP contribution in [0.1, 0.15) is 16.1 Å².